The van der Waals surface area contributed by atoms with Crippen molar-refractivity contribution in [1.29, 1.82) is 0 Å². The van der Waals surface area contributed by atoms with Crippen molar-refractivity contribution >= 4 is 12.0 Å². The lowest BCUT2D eigenvalue weighted by Crippen LogP contribution is -2.54. The predicted octanol–water partition coefficient (Wildman–Crippen LogP) is 2.07. The van der Waals surface area contributed by atoms with Gasteiger partial charge in [0.05, 0.1) is 0 Å². The molecule has 2 saturated carbocycles. The zero-order valence-corrected chi connectivity index (χ0v) is 12.0. The van der Waals surface area contributed by atoms with Crippen LogP contribution in [0.15, 0.2) is 0 Å². The maximum Gasteiger partial charge on any atom is 0.326 e. The van der Waals surface area contributed by atoms with Crippen molar-refractivity contribution in [1.82, 2.24) is 10.2 Å². The lowest BCUT2D eigenvalue weighted by molar-refractivity contribution is -0.142. The van der Waals surface area contributed by atoms with Crippen LogP contribution in [-0.2, 0) is 4.79 Å². The molecule has 19 heavy (non-hydrogen) atoms. The summed E-state index contributed by atoms with van der Waals surface area (Å²) in [5, 5.41) is 12.0. The number of nitrogens with zero attached hydrogens (tertiary/aromatic N) is 1. The molecule has 108 valence electrons. The van der Waals surface area contributed by atoms with Crippen LogP contribution in [0.1, 0.15) is 46.5 Å². The van der Waals surface area contributed by atoms with E-state index < -0.39 is 17.4 Å². The maximum absolute atomic E-state index is 12.3. The van der Waals surface area contributed by atoms with Gasteiger partial charge in [0.1, 0.15) is 6.04 Å². The Bertz CT molecular complexity index is 367. The van der Waals surface area contributed by atoms with Crippen molar-refractivity contribution < 1.29 is 14.7 Å². The molecule has 5 heteroatoms. The van der Waals surface area contributed by atoms with Gasteiger partial charge < -0.3 is 15.3 Å². The normalized spacial score (nSPS) is 20.8. The van der Waals surface area contributed by atoms with E-state index in [-0.39, 0.29) is 6.03 Å². The lowest BCUT2D eigenvalue weighted by atomic mass is 9.87. The maximum atomic E-state index is 12.3. The Hall–Kier alpha value is -1.26. The van der Waals surface area contributed by atoms with Crippen molar-refractivity contribution in [3.63, 3.8) is 0 Å². The highest BCUT2D eigenvalue weighted by Gasteiger charge is 2.39. The summed E-state index contributed by atoms with van der Waals surface area (Å²) in [5.74, 6) is -0.340. The third kappa shape index (κ3) is 3.85. The minimum atomic E-state index is -0.969. The summed E-state index contributed by atoms with van der Waals surface area (Å²) in [4.78, 5) is 25.4. The largest absolute Gasteiger partial charge is 0.480 e. The molecule has 0 aromatic heterocycles. The molecule has 2 fully saturated rings. The van der Waals surface area contributed by atoms with Crippen molar-refractivity contribution in [3.05, 3.63) is 0 Å². The first-order chi connectivity index (χ1) is 8.79. The second-order valence-corrected chi connectivity index (χ2v) is 6.91. The number of hydrogen-bond acceptors (Lipinski definition) is 2. The quantitative estimate of drug-likeness (QED) is 0.802. The molecule has 0 unspecified atom stereocenters. The number of urea groups is 1. The Labute approximate surface area is 114 Å². The first kappa shape index (κ1) is 14.2. The molecule has 0 radical (unpaired) electrons. The summed E-state index contributed by atoms with van der Waals surface area (Å²) in [6.07, 6.45) is 4.48. The van der Waals surface area contributed by atoms with E-state index in [0.717, 1.165) is 19.4 Å². The van der Waals surface area contributed by atoms with Gasteiger partial charge in [0.25, 0.3) is 0 Å². The fourth-order valence-corrected chi connectivity index (χ4v) is 2.22. The smallest absolute Gasteiger partial charge is 0.326 e. The lowest BCUT2D eigenvalue weighted by Gasteiger charge is -2.31. The molecule has 2 rings (SSSR count). The minimum Gasteiger partial charge on any atom is -0.480 e. The van der Waals surface area contributed by atoms with Crippen LogP contribution < -0.4 is 5.32 Å². The van der Waals surface area contributed by atoms with Crippen LogP contribution in [0.5, 0.6) is 0 Å². The van der Waals surface area contributed by atoms with Gasteiger partial charge >= 0.3 is 12.0 Å². The molecular formula is C14H24N2O3. The highest BCUT2D eigenvalue weighted by Crippen LogP contribution is 2.35. The SMILES string of the molecule is CC(C)(C)[C@@H](NC(=O)N(CC1CC1)C1CC1)C(=O)O. The molecule has 1 atom stereocenters. The van der Waals surface area contributed by atoms with Crippen molar-refractivity contribution in [3.8, 4) is 0 Å². The molecule has 0 spiro atoms. The summed E-state index contributed by atoms with van der Waals surface area (Å²) in [6.45, 7) is 6.27. The Morgan fingerprint density at radius 2 is 1.84 bits per heavy atom. The van der Waals surface area contributed by atoms with Gasteiger partial charge in [-0.15, -0.1) is 0 Å². The second-order valence-electron chi connectivity index (χ2n) is 6.91. The molecule has 0 aromatic carbocycles. The fourth-order valence-electron chi connectivity index (χ4n) is 2.22. The van der Waals surface area contributed by atoms with Crippen LogP contribution in [0, 0.1) is 11.3 Å². The van der Waals surface area contributed by atoms with E-state index in [1.54, 1.807) is 0 Å². The van der Waals surface area contributed by atoms with E-state index in [2.05, 4.69) is 5.32 Å². The van der Waals surface area contributed by atoms with Crippen LogP contribution in [0.4, 0.5) is 4.79 Å². The molecular weight excluding hydrogens is 244 g/mol. The number of amides is 2. The fraction of sp³-hybridized carbons (Fsp3) is 0.857. The van der Waals surface area contributed by atoms with E-state index >= 15 is 0 Å². The van der Waals surface area contributed by atoms with Crippen LogP contribution in [0.2, 0.25) is 0 Å². The molecule has 0 bridgehead atoms. The van der Waals surface area contributed by atoms with Crippen LogP contribution in [0.25, 0.3) is 0 Å². The number of nitrogens with one attached hydrogen (secondary N) is 1. The zero-order valence-electron chi connectivity index (χ0n) is 12.0. The van der Waals surface area contributed by atoms with Crippen LogP contribution >= 0.6 is 0 Å². The van der Waals surface area contributed by atoms with E-state index in [9.17, 15) is 14.7 Å². The predicted molar refractivity (Wildman–Crippen MR) is 71.9 cm³/mol. The van der Waals surface area contributed by atoms with Gasteiger partial charge in [-0.25, -0.2) is 9.59 Å². The molecule has 0 aromatic rings. The number of aliphatic carboxylic acids is 1. The van der Waals surface area contributed by atoms with Gasteiger partial charge in [0, 0.05) is 12.6 Å². The van der Waals surface area contributed by atoms with Gasteiger partial charge in [-0.2, -0.15) is 0 Å². The molecule has 0 aliphatic heterocycles. The van der Waals surface area contributed by atoms with Crippen LogP contribution in [-0.4, -0.2) is 40.6 Å². The molecule has 0 saturated heterocycles. The molecule has 2 aliphatic rings. The standard InChI is InChI=1S/C14H24N2O3/c1-14(2,3)11(12(17)18)15-13(19)16(10-6-7-10)8-9-4-5-9/h9-11H,4-8H2,1-3H3,(H,15,19)(H,17,18)/t11-/m0/s1. The Balaban J connectivity index is 1.97. The van der Waals surface area contributed by atoms with Gasteiger partial charge in [-0.05, 0) is 37.0 Å². The molecule has 5 nitrogen and oxygen atoms in total. The molecule has 0 heterocycles. The summed E-state index contributed by atoms with van der Waals surface area (Å²) >= 11 is 0. The highest BCUT2D eigenvalue weighted by molar-refractivity contribution is 5.83. The average Bonchev–Trinajstić information content (AvgIpc) is 3.12. The van der Waals surface area contributed by atoms with Crippen LogP contribution in [0.3, 0.4) is 0 Å². The number of carbonyl (C=O) groups excluding carboxylic acids is 1. The number of rotatable bonds is 5. The summed E-state index contributed by atoms with van der Waals surface area (Å²) in [6, 6.07) is -0.729. The Morgan fingerprint density at radius 1 is 1.26 bits per heavy atom. The Morgan fingerprint density at radius 3 is 2.21 bits per heavy atom. The third-order valence-corrected chi connectivity index (χ3v) is 3.78. The first-order valence-corrected chi connectivity index (χ1v) is 7.09. The molecule has 2 aliphatic carbocycles. The molecule has 2 amide bonds. The summed E-state index contributed by atoms with van der Waals surface area (Å²) in [5.41, 5.74) is -0.490. The van der Waals surface area contributed by atoms with E-state index in [1.165, 1.54) is 12.8 Å². The van der Waals surface area contributed by atoms with Gasteiger partial charge in [-0.1, -0.05) is 20.8 Å². The Kier molecular flexibility index (Phi) is 3.74. The van der Waals surface area contributed by atoms with Crippen molar-refractivity contribution in [2.45, 2.75) is 58.5 Å². The van der Waals surface area contributed by atoms with E-state index in [0.29, 0.717) is 12.0 Å². The molecule has 2 N–H and O–H groups in total. The van der Waals surface area contributed by atoms with Gasteiger partial charge in [0.15, 0.2) is 0 Å². The zero-order chi connectivity index (χ0) is 14.2. The van der Waals surface area contributed by atoms with Gasteiger partial charge in [0.2, 0.25) is 0 Å². The van der Waals surface area contributed by atoms with E-state index in [4.69, 9.17) is 0 Å². The summed E-state index contributed by atoms with van der Waals surface area (Å²) < 4.78 is 0. The second kappa shape index (κ2) is 5.02. The summed E-state index contributed by atoms with van der Waals surface area (Å²) in [7, 11) is 0. The number of carbonyl (C=O) groups is 2. The topological polar surface area (TPSA) is 69.6 Å². The number of carboxylic acid groups (broad SMARTS) is 1. The first-order valence-electron chi connectivity index (χ1n) is 7.09. The van der Waals surface area contributed by atoms with Crippen molar-refractivity contribution in [2.75, 3.05) is 6.54 Å². The third-order valence-electron chi connectivity index (χ3n) is 3.78. The van der Waals surface area contributed by atoms with E-state index in [1.807, 2.05) is 25.7 Å². The monoisotopic (exact) mass is 268 g/mol. The number of carboxylic acids is 1. The minimum absolute atomic E-state index is 0.211. The van der Waals surface area contributed by atoms with Gasteiger partial charge in [-0.3, -0.25) is 0 Å². The highest BCUT2D eigenvalue weighted by atomic mass is 16.4. The number of hydrogen-bond donors (Lipinski definition) is 2. The van der Waals surface area contributed by atoms with Crippen molar-refractivity contribution in [2.24, 2.45) is 11.3 Å². The average molecular weight is 268 g/mol.